The number of rotatable bonds is 10. The van der Waals surface area contributed by atoms with Crippen LogP contribution in [0.2, 0.25) is 0 Å². The van der Waals surface area contributed by atoms with Gasteiger partial charge >= 0.3 is 0 Å². The summed E-state index contributed by atoms with van der Waals surface area (Å²) in [6.07, 6.45) is 6.43. The molecule has 3 heterocycles. The van der Waals surface area contributed by atoms with Gasteiger partial charge in [0, 0.05) is 36.2 Å². The Balaban J connectivity index is 1.49. The molecule has 10 heteroatoms. The highest BCUT2D eigenvalue weighted by Crippen LogP contribution is 2.35. The number of methoxy groups -OCH3 is 2. The second-order valence-corrected chi connectivity index (χ2v) is 10.7. The number of hydrogen-bond donors (Lipinski definition) is 1. The lowest BCUT2D eigenvalue weighted by atomic mass is 10.0. The second-order valence-electron chi connectivity index (χ2n) is 10.7. The molecule has 1 aliphatic carbocycles. The summed E-state index contributed by atoms with van der Waals surface area (Å²) in [6.45, 7) is 1.98. The van der Waals surface area contributed by atoms with Crippen LogP contribution in [0, 0.1) is 0 Å². The maximum atomic E-state index is 13.8. The zero-order valence-corrected chi connectivity index (χ0v) is 23.1. The number of aromatic nitrogens is 5. The summed E-state index contributed by atoms with van der Waals surface area (Å²) in [5, 5.41) is 14.1. The van der Waals surface area contributed by atoms with Gasteiger partial charge in [0.2, 0.25) is 0 Å². The normalized spacial score (nSPS) is 18.5. The minimum absolute atomic E-state index is 0.0659. The number of ether oxygens (including phenoxy) is 3. The number of pyridine rings is 1. The molecule has 1 aliphatic heterocycles. The molecule has 40 heavy (non-hydrogen) atoms. The maximum Gasteiger partial charge on any atom is 0.253 e. The van der Waals surface area contributed by atoms with Crippen molar-refractivity contribution < 1.29 is 14.2 Å². The number of H-pyrrole nitrogens is 1. The van der Waals surface area contributed by atoms with E-state index in [1.807, 2.05) is 41.1 Å². The molecule has 4 aromatic rings. The molecule has 2 aliphatic rings. The van der Waals surface area contributed by atoms with Gasteiger partial charge in [-0.1, -0.05) is 25.0 Å². The number of fused-ring (bicyclic) bond motifs is 1. The SMILES string of the molecule is COc1ccc(CN(CC2CCCO2)C(c2cc3cc(OC)ccc3[nH]c2=O)c2nnnn2C2CCCC2)cc1. The first kappa shape index (κ1) is 26.5. The van der Waals surface area contributed by atoms with E-state index in [0.717, 1.165) is 73.1 Å². The summed E-state index contributed by atoms with van der Waals surface area (Å²) >= 11 is 0. The smallest absolute Gasteiger partial charge is 0.253 e. The molecule has 1 saturated carbocycles. The van der Waals surface area contributed by atoms with Gasteiger partial charge < -0.3 is 19.2 Å². The number of tetrazole rings is 1. The third-order valence-corrected chi connectivity index (χ3v) is 8.18. The largest absolute Gasteiger partial charge is 0.497 e. The van der Waals surface area contributed by atoms with Gasteiger partial charge in [0.15, 0.2) is 5.82 Å². The van der Waals surface area contributed by atoms with Crippen LogP contribution in [0.15, 0.2) is 53.3 Å². The topological polar surface area (TPSA) is 107 Å². The van der Waals surface area contributed by atoms with Gasteiger partial charge in [-0.15, -0.1) is 5.10 Å². The molecule has 1 N–H and O–H groups in total. The average molecular weight is 545 g/mol. The number of nitrogens with zero attached hydrogens (tertiary/aromatic N) is 5. The van der Waals surface area contributed by atoms with E-state index in [4.69, 9.17) is 14.2 Å². The van der Waals surface area contributed by atoms with E-state index in [1.54, 1.807) is 14.2 Å². The van der Waals surface area contributed by atoms with E-state index in [2.05, 4.69) is 37.5 Å². The molecule has 0 amide bonds. The number of nitrogens with one attached hydrogen (secondary N) is 1. The second kappa shape index (κ2) is 11.8. The van der Waals surface area contributed by atoms with E-state index < -0.39 is 6.04 Å². The van der Waals surface area contributed by atoms with Gasteiger partial charge in [0.05, 0.1) is 26.4 Å². The number of benzene rings is 2. The van der Waals surface area contributed by atoms with Gasteiger partial charge in [-0.05, 0) is 78.1 Å². The Morgan fingerprint density at radius 3 is 2.52 bits per heavy atom. The molecule has 2 unspecified atom stereocenters. The molecular formula is C30H36N6O4. The Morgan fingerprint density at radius 2 is 1.80 bits per heavy atom. The fraction of sp³-hybridized carbons (Fsp3) is 0.467. The van der Waals surface area contributed by atoms with Crippen molar-refractivity contribution in [2.24, 2.45) is 0 Å². The Morgan fingerprint density at radius 1 is 1.02 bits per heavy atom. The molecule has 2 fully saturated rings. The molecule has 2 atom stereocenters. The summed E-state index contributed by atoms with van der Waals surface area (Å²) in [6, 6.07) is 15.4. The Labute approximate surface area is 233 Å². The van der Waals surface area contributed by atoms with Crippen LogP contribution in [0.3, 0.4) is 0 Å². The van der Waals surface area contributed by atoms with Gasteiger partial charge in [-0.3, -0.25) is 9.69 Å². The van der Waals surface area contributed by atoms with Crippen LogP contribution >= 0.6 is 0 Å². The van der Waals surface area contributed by atoms with Crippen molar-refractivity contribution in [3.05, 3.63) is 75.8 Å². The van der Waals surface area contributed by atoms with Crippen molar-refractivity contribution in [3.8, 4) is 11.5 Å². The van der Waals surface area contributed by atoms with Crippen molar-refractivity contribution in [2.45, 2.75) is 63.3 Å². The zero-order chi connectivity index (χ0) is 27.5. The van der Waals surface area contributed by atoms with E-state index in [-0.39, 0.29) is 17.7 Å². The molecule has 0 radical (unpaired) electrons. The summed E-state index contributed by atoms with van der Waals surface area (Å²) in [4.78, 5) is 19.2. The summed E-state index contributed by atoms with van der Waals surface area (Å²) in [7, 11) is 3.31. The molecular weight excluding hydrogens is 508 g/mol. The van der Waals surface area contributed by atoms with Crippen molar-refractivity contribution >= 4 is 10.9 Å². The average Bonchev–Trinajstić information content (AvgIpc) is 3.77. The quantitative estimate of drug-likeness (QED) is 0.313. The lowest BCUT2D eigenvalue weighted by Crippen LogP contribution is -2.39. The molecule has 0 bridgehead atoms. The molecule has 2 aromatic heterocycles. The highest BCUT2D eigenvalue weighted by atomic mass is 16.5. The van der Waals surface area contributed by atoms with Crippen molar-refractivity contribution in [1.29, 1.82) is 0 Å². The van der Waals surface area contributed by atoms with Gasteiger partial charge in [0.1, 0.15) is 17.5 Å². The summed E-state index contributed by atoms with van der Waals surface area (Å²) < 4.78 is 18.9. The molecule has 0 spiro atoms. The first-order valence-corrected chi connectivity index (χ1v) is 14.1. The standard InChI is InChI=1S/C30H36N6O4/c1-38-23-11-9-20(10-12-23)18-35(19-25-8-5-15-40-25)28(29-32-33-34-36(29)22-6-3-4-7-22)26-17-21-16-24(39-2)13-14-27(21)31-30(26)37/h9-14,16-17,22,25,28H,3-8,15,18-19H2,1-2H3,(H,31,37). The van der Waals surface area contributed by atoms with Crippen LogP contribution < -0.4 is 15.0 Å². The Kier molecular flexibility index (Phi) is 7.79. The van der Waals surface area contributed by atoms with E-state index in [9.17, 15) is 4.79 Å². The van der Waals surface area contributed by atoms with Crippen molar-refractivity contribution in [2.75, 3.05) is 27.4 Å². The highest BCUT2D eigenvalue weighted by Gasteiger charge is 2.35. The van der Waals surface area contributed by atoms with E-state index in [0.29, 0.717) is 24.5 Å². The van der Waals surface area contributed by atoms with Crippen LogP contribution in [0.1, 0.15) is 67.6 Å². The van der Waals surface area contributed by atoms with E-state index >= 15 is 0 Å². The monoisotopic (exact) mass is 544 g/mol. The molecule has 1 saturated heterocycles. The first-order valence-electron chi connectivity index (χ1n) is 14.1. The van der Waals surface area contributed by atoms with Crippen molar-refractivity contribution in [1.82, 2.24) is 30.1 Å². The first-order chi connectivity index (χ1) is 19.6. The lowest BCUT2D eigenvalue weighted by molar-refractivity contribution is 0.0569. The maximum absolute atomic E-state index is 13.8. The lowest BCUT2D eigenvalue weighted by Gasteiger charge is -2.33. The predicted molar refractivity (Wildman–Crippen MR) is 151 cm³/mol. The van der Waals surface area contributed by atoms with Crippen LogP contribution in [0.4, 0.5) is 0 Å². The Bertz CT molecular complexity index is 1490. The number of hydrogen-bond acceptors (Lipinski definition) is 8. The van der Waals surface area contributed by atoms with E-state index in [1.165, 1.54) is 0 Å². The van der Waals surface area contributed by atoms with Crippen molar-refractivity contribution in [3.63, 3.8) is 0 Å². The van der Waals surface area contributed by atoms with Crippen LogP contribution in [-0.2, 0) is 11.3 Å². The van der Waals surface area contributed by atoms with Crippen LogP contribution in [0.25, 0.3) is 10.9 Å². The van der Waals surface area contributed by atoms with Crippen LogP contribution in [0.5, 0.6) is 11.5 Å². The third kappa shape index (κ3) is 5.46. The fourth-order valence-corrected chi connectivity index (χ4v) is 6.10. The summed E-state index contributed by atoms with van der Waals surface area (Å²) in [5.74, 6) is 2.22. The molecule has 6 rings (SSSR count). The minimum atomic E-state index is -0.485. The molecule has 210 valence electrons. The van der Waals surface area contributed by atoms with Gasteiger partial charge in [0.25, 0.3) is 5.56 Å². The van der Waals surface area contributed by atoms with Gasteiger partial charge in [-0.25, -0.2) is 4.68 Å². The minimum Gasteiger partial charge on any atom is -0.497 e. The van der Waals surface area contributed by atoms with Gasteiger partial charge in [-0.2, -0.15) is 0 Å². The highest BCUT2D eigenvalue weighted by molar-refractivity contribution is 5.80. The molecule has 2 aromatic carbocycles. The predicted octanol–water partition coefficient (Wildman–Crippen LogP) is 4.42. The van der Waals surface area contributed by atoms with Crippen LogP contribution in [-0.4, -0.2) is 63.6 Å². The third-order valence-electron chi connectivity index (χ3n) is 8.18. The fourth-order valence-electron chi connectivity index (χ4n) is 6.10. The zero-order valence-electron chi connectivity index (χ0n) is 23.1. The number of aromatic amines is 1. The Hall–Kier alpha value is -3.76. The summed E-state index contributed by atoms with van der Waals surface area (Å²) in [5.41, 5.74) is 2.30. The molecule has 10 nitrogen and oxygen atoms in total.